The molecular weight excluding hydrogens is 338 g/mol. The number of benzene rings is 1. The van der Waals surface area contributed by atoms with Gasteiger partial charge in [0.05, 0.1) is 10.9 Å². The number of amides is 2. The molecule has 0 spiro atoms. The van der Waals surface area contributed by atoms with Crippen molar-refractivity contribution >= 4 is 33.9 Å². The van der Waals surface area contributed by atoms with Gasteiger partial charge in [0.25, 0.3) is 5.24 Å². The van der Waals surface area contributed by atoms with Crippen molar-refractivity contribution in [2.75, 3.05) is 0 Å². The van der Waals surface area contributed by atoms with E-state index in [4.69, 9.17) is 4.52 Å². The van der Waals surface area contributed by atoms with Crippen molar-refractivity contribution < 1.29 is 14.1 Å². The fourth-order valence-corrected chi connectivity index (χ4v) is 3.74. The predicted molar refractivity (Wildman–Crippen MR) is 94.3 cm³/mol. The third-order valence-electron chi connectivity index (χ3n) is 4.14. The van der Waals surface area contributed by atoms with Crippen LogP contribution in [0.2, 0.25) is 0 Å². The van der Waals surface area contributed by atoms with Gasteiger partial charge in [-0.1, -0.05) is 29.1 Å². The molecule has 4 rings (SSSR count). The number of thioether (sulfide) groups is 1. The molecule has 0 saturated carbocycles. The first kappa shape index (κ1) is 15.8. The summed E-state index contributed by atoms with van der Waals surface area (Å²) in [4.78, 5) is 27.3. The number of carbonyl (C=O) groups excluding carboxylic acids is 2. The monoisotopic (exact) mass is 353 g/mol. The molecule has 1 aromatic carbocycles. The van der Waals surface area contributed by atoms with E-state index in [0.29, 0.717) is 12.0 Å². The van der Waals surface area contributed by atoms with Gasteiger partial charge >= 0.3 is 0 Å². The minimum atomic E-state index is -0.378. The minimum absolute atomic E-state index is 0.233. The zero-order valence-electron chi connectivity index (χ0n) is 13.3. The standard InChI is InChI=1S/C18H15N3O3S/c22-17-16(25-18(23)20-17)10-11-4-6-13-14(21-24-15(13)9-11)7-5-12-3-1-2-8-19-12/h1-4,6,8-9,16H,5,7,10H2,(H,20,22,23). The fraction of sp³-hybridized carbons (Fsp3) is 0.222. The number of rotatable bonds is 5. The number of aryl methyl sites for hydroxylation is 2. The van der Waals surface area contributed by atoms with Crippen molar-refractivity contribution in [3.05, 3.63) is 59.5 Å². The Hall–Kier alpha value is -2.67. The fourth-order valence-electron chi connectivity index (χ4n) is 2.88. The molecule has 3 heterocycles. The Morgan fingerprint density at radius 1 is 1.16 bits per heavy atom. The zero-order chi connectivity index (χ0) is 17.2. The molecule has 0 bridgehead atoms. The van der Waals surface area contributed by atoms with Gasteiger partial charge in [0.15, 0.2) is 5.58 Å². The molecule has 1 atom stereocenters. The summed E-state index contributed by atoms with van der Waals surface area (Å²) in [5.41, 5.74) is 3.56. The number of nitrogens with zero attached hydrogens (tertiary/aromatic N) is 2. The Bertz CT molecular complexity index is 939. The first-order valence-corrected chi connectivity index (χ1v) is 8.85. The van der Waals surface area contributed by atoms with Gasteiger partial charge in [0.1, 0.15) is 0 Å². The summed E-state index contributed by atoms with van der Waals surface area (Å²) in [5, 5.41) is 6.78. The van der Waals surface area contributed by atoms with Crippen molar-refractivity contribution in [1.29, 1.82) is 0 Å². The predicted octanol–water partition coefficient (Wildman–Crippen LogP) is 2.90. The third-order valence-corrected chi connectivity index (χ3v) is 5.12. The molecule has 1 unspecified atom stereocenters. The lowest BCUT2D eigenvalue weighted by Gasteiger charge is -2.05. The Morgan fingerprint density at radius 3 is 2.84 bits per heavy atom. The van der Waals surface area contributed by atoms with Crippen LogP contribution < -0.4 is 5.32 Å². The normalized spacial score (nSPS) is 17.2. The lowest BCUT2D eigenvalue weighted by atomic mass is 10.0. The quantitative estimate of drug-likeness (QED) is 0.759. The molecule has 6 nitrogen and oxygen atoms in total. The Balaban J connectivity index is 1.49. The maximum atomic E-state index is 11.7. The molecule has 126 valence electrons. The first-order valence-electron chi connectivity index (χ1n) is 7.97. The summed E-state index contributed by atoms with van der Waals surface area (Å²) in [7, 11) is 0. The van der Waals surface area contributed by atoms with Crippen LogP contribution in [0.3, 0.4) is 0 Å². The van der Waals surface area contributed by atoms with Crippen molar-refractivity contribution in [3.8, 4) is 0 Å². The van der Waals surface area contributed by atoms with E-state index in [-0.39, 0.29) is 16.4 Å². The number of pyridine rings is 1. The molecule has 0 radical (unpaired) electrons. The maximum Gasteiger partial charge on any atom is 0.286 e. The van der Waals surface area contributed by atoms with Gasteiger partial charge in [0, 0.05) is 17.3 Å². The molecular formula is C18H15N3O3S. The summed E-state index contributed by atoms with van der Waals surface area (Å²) < 4.78 is 5.45. The van der Waals surface area contributed by atoms with Crippen LogP contribution in [0.1, 0.15) is 17.0 Å². The highest BCUT2D eigenvalue weighted by atomic mass is 32.2. The van der Waals surface area contributed by atoms with Gasteiger partial charge in [-0.3, -0.25) is 19.9 Å². The molecule has 1 aliphatic rings. The summed E-state index contributed by atoms with van der Waals surface area (Å²) in [6.45, 7) is 0. The van der Waals surface area contributed by atoms with Crippen LogP contribution in [0.4, 0.5) is 4.79 Å². The van der Waals surface area contributed by atoms with Crippen LogP contribution in [0, 0.1) is 0 Å². The van der Waals surface area contributed by atoms with Crippen molar-refractivity contribution in [2.24, 2.45) is 0 Å². The maximum absolute atomic E-state index is 11.7. The topological polar surface area (TPSA) is 85.1 Å². The Morgan fingerprint density at radius 2 is 2.08 bits per heavy atom. The van der Waals surface area contributed by atoms with Gasteiger partial charge in [-0.05, 0) is 49.1 Å². The SMILES string of the molecule is O=C1NC(=O)C(Cc2ccc3c(CCc4ccccn4)noc3c2)S1. The highest BCUT2D eigenvalue weighted by Gasteiger charge is 2.31. The minimum Gasteiger partial charge on any atom is -0.356 e. The van der Waals surface area contributed by atoms with Crippen molar-refractivity contribution in [3.63, 3.8) is 0 Å². The molecule has 2 aromatic heterocycles. The summed E-state index contributed by atoms with van der Waals surface area (Å²) >= 11 is 1.03. The van der Waals surface area contributed by atoms with Crippen LogP contribution in [-0.2, 0) is 24.1 Å². The number of nitrogens with one attached hydrogen (secondary N) is 1. The van der Waals surface area contributed by atoms with E-state index in [1.807, 2.05) is 36.4 Å². The van der Waals surface area contributed by atoms with Crippen LogP contribution >= 0.6 is 11.8 Å². The second-order valence-electron chi connectivity index (χ2n) is 5.87. The molecule has 3 aromatic rings. The zero-order valence-corrected chi connectivity index (χ0v) is 14.1. The molecule has 1 saturated heterocycles. The van der Waals surface area contributed by atoms with E-state index in [9.17, 15) is 9.59 Å². The van der Waals surface area contributed by atoms with Gasteiger partial charge in [-0.25, -0.2) is 0 Å². The summed E-state index contributed by atoms with van der Waals surface area (Å²) in [5.74, 6) is -0.233. The van der Waals surface area contributed by atoms with Crippen molar-refractivity contribution in [2.45, 2.75) is 24.5 Å². The molecule has 2 amide bonds. The molecule has 25 heavy (non-hydrogen) atoms. The lowest BCUT2D eigenvalue weighted by Crippen LogP contribution is -2.25. The molecule has 7 heteroatoms. The smallest absolute Gasteiger partial charge is 0.286 e. The number of fused-ring (bicyclic) bond motifs is 1. The Kier molecular flexibility index (Phi) is 4.23. The number of carbonyl (C=O) groups is 2. The van der Waals surface area contributed by atoms with Gasteiger partial charge in [-0.2, -0.15) is 0 Å². The van der Waals surface area contributed by atoms with Gasteiger partial charge in [-0.15, -0.1) is 0 Å². The van der Waals surface area contributed by atoms with Crippen LogP contribution in [0.25, 0.3) is 11.0 Å². The third kappa shape index (κ3) is 3.41. The number of hydrogen-bond acceptors (Lipinski definition) is 6. The van der Waals surface area contributed by atoms with E-state index in [2.05, 4.69) is 15.5 Å². The van der Waals surface area contributed by atoms with Gasteiger partial charge < -0.3 is 4.52 Å². The van der Waals surface area contributed by atoms with E-state index >= 15 is 0 Å². The molecule has 1 fully saturated rings. The van der Waals surface area contributed by atoms with Crippen molar-refractivity contribution in [1.82, 2.24) is 15.5 Å². The van der Waals surface area contributed by atoms with E-state index in [1.165, 1.54) is 0 Å². The van der Waals surface area contributed by atoms with E-state index < -0.39 is 0 Å². The summed E-state index contributed by atoms with van der Waals surface area (Å²) in [6, 6.07) is 11.7. The van der Waals surface area contributed by atoms with E-state index in [1.54, 1.807) is 6.20 Å². The summed E-state index contributed by atoms with van der Waals surface area (Å²) in [6.07, 6.45) is 3.82. The van der Waals surface area contributed by atoms with Crippen LogP contribution in [0.5, 0.6) is 0 Å². The highest BCUT2D eigenvalue weighted by Crippen LogP contribution is 2.26. The number of aromatic nitrogens is 2. The molecule has 0 aliphatic carbocycles. The van der Waals surface area contributed by atoms with E-state index in [0.717, 1.165) is 46.9 Å². The highest BCUT2D eigenvalue weighted by molar-refractivity contribution is 8.15. The second-order valence-corrected chi connectivity index (χ2v) is 7.04. The van der Waals surface area contributed by atoms with Gasteiger partial charge in [0.2, 0.25) is 5.91 Å². The average molecular weight is 353 g/mol. The average Bonchev–Trinajstić information content (AvgIpc) is 3.16. The largest absolute Gasteiger partial charge is 0.356 e. The first-order chi connectivity index (χ1) is 12.2. The molecule has 1 aliphatic heterocycles. The second kappa shape index (κ2) is 6.68. The van der Waals surface area contributed by atoms with Crippen LogP contribution in [-0.4, -0.2) is 26.5 Å². The van der Waals surface area contributed by atoms with Crippen LogP contribution in [0.15, 0.2) is 47.1 Å². The Labute approximate surface area is 148 Å². The lowest BCUT2D eigenvalue weighted by molar-refractivity contribution is -0.118. The number of hydrogen-bond donors (Lipinski definition) is 1. The number of imide groups is 1. The molecule has 1 N–H and O–H groups in total.